The van der Waals surface area contributed by atoms with E-state index in [0.29, 0.717) is 16.5 Å². The summed E-state index contributed by atoms with van der Waals surface area (Å²) in [7, 11) is -20.0. The third-order valence-corrected chi connectivity index (χ3v) is 13.0. The van der Waals surface area contributed by atoms with Gasteiger partial charge in [-0.1, -0.05) is 60.7 Å². The van der Waals surface area contributed by atoms with Crippen molar-refractivity contribution < 1.29 is 170 Å². The van der Waals surface area contributed by atoms with Crippen LogP contribution in [-0.2, 0) is 40.5 Å². The summed E-state index contributed by atoms with van der Waals surface area (Å²) in [5, 5.41) is 26.2. The Labute approximate surface area is 476 Å². The SMILES string of the molecule is Nc1ccc2cc(S(=O)(=O)[O-])ccc2c1N=Nc1ccc(N=Nc2ccc(/C=C/c3ccc(-n4nc5cc(S(=O)(=O)[O-])c6ccccc6c5n4)cc3S(=O)(=O)[O-])c(S(=O)(=O)[O-])c2)cc1.[Na+].[Na+].[Na+].[Na+]. The zero-order valence-electron chi connectivity index (χ0n) is 35.9. The summed E-state index contributed by atoms with van der Waals surface area (Å²) in [4.78, 5) is -1.51. The van der Waals surface area contributed by atoms with Crippen LogP contribution in [0.25, 0.3) is 50.4 Å². The number of hydrogen-bond acceptors (Lipinski definition) is 19. The van der Waals surface area contributed by atoms with Crippen LogP contribution in [-0.4, -0.2) is 66.9 Å². The topological polar surface area (TPSA) is 335 Å². The molecule has 8 aromatic rings. The molecule has 0 unspecified atom stereocenters. The van der Waals surface area contributed by atoms with Crippen LogP contribution in [0.15, 0.2) is 161 Å². The molecule has 8 rings (SSSR count). The van der Waals surface area contributed by atoms with E-state index in [0.717, 1.165) is 41.2 Å². The standard InChI is InChI=1S/C40H28N8O12S4.4Na/c41-34-18-9-25-19-30(61(49,50)51)16-17-31(25)39(34)45-43-27-13-11-26(12-14-27)42-44-28-10-7-23(36(20-28)62(52,53)54)5-6-24-8-15-29(21-37(24)63(55,56)57)48-46-35-22-38(64(58,59)60)32-3-1-2-4-33(32)40(35)47-48;;;;/h1-22H,41H2,(H,49,50,51)(H,52,53,54)(H,55,56,57)(H,58,59,60);;;;/q;4*+1/p-4/b6-5+,44-42?,45-43?;;;;. The fourth-order valence-corrected chi connectivity index (χ4v) is 9.13. The Bertz CT molecular complexity index is 3820. The quantitative estimate of drug-likeness (QED) is 0.0417. The Balaban J connectivity index is 0.00000252. The number of anilines is 1. The summed E-state index contributed by atoms with van der Waals surface area (Å²) >= 11 is 0. The molecule has 0 aliphatic rings. The minimum absolute atomic E-state index is 0. The zero-order valence-corrected chi connectivity index (χ0v) is 47.2. The minimum Gasteiger partial charge on any atom is -0.744 e. The molecular formula is C40H24N8Na4O12S4. The van der Waals surface area contributed by atoms with Gasteiger partial charge in [-0.15, -0.1) is 15.3 Å². The maximum Gasteiger partial charge on any atom is 1.00 e. The van der Waals surface area contributed by atoms with Gasteiger partial charge in [-0.25, -0.2) is 33.7 Å². The van der Waals surface area contributed by atoms with Crippen LogP contribution in [0, 0.1) is 0 Å². The second-order valence-electron chi connectivity index (χ2n) is 13.7. The molecule has 0 radical (unpaired) electrons. The molecule has 68 heavy (non-hydrogen) atoms. The van der Waals surface area contributed by atoms with E-state index >= 15 is 0 Å². The first-order valence-electron chi connectivity index (χ1n) is 18.0. The van der Waals surface area contributed by atoms with Gasteiger partial charge < -0.3 is 23.9 Å². The molecule has 0 bridgehead atoms. The molecule has 0 fully saturated rings. The van der Waals surface area contributed by atoms with Gasteiger partial charge in [-0.3, -0.25) is 0 Å². The minimum atomic E-state index is -5.21. The number of hydrogen-bond donors (Lipinski definition) is 1. The summed E-state index contributed by atoms with van der Waals surface area (Å²) < 4.78 is 145. The predicted molar refractivity (Wildman–Crippen MR) is 227 cm³/mol. The second kappa shape index (κ2) is 22.5. The third kappa shape index (κ3) is 12.8. The summed E-state index contributed by atoms with van der Waals surface area (Å²) in [5.74, 6) is 0. The largest absolute Gasteiger partial charge is 1.00 e. The Kier molecular flexibility index (Phi) is 19.0. The Morgan fingerprint density at radius 3 is 1.60 bits per heavy atom. The maximum atomic E-state index is 12.5. The van der Waals surface area contributed by atoms with Crippen LogP contribution >= 0.6 is 0 Å². The van der Waals surface area contributed by atoms with E-state index in [4.69, 9.17) is 5.73 Å². The molecule has 0 spiro atoms. The molecule has 1 aromatic heterocycles. The Morgan fingerprint density at radius 1 is 0.485 bits per heavy atom. The smallest absolute Gasteiger partial charge is 0.744 e. The van der Waals surface area contributed by atoms with Crippen molar-refractivity contribution in [3.05, 3.63) is 132 Å². The van der Waals surface area contributed by atoms with Crippen molar-refractivity contribution in [3.63, 3.8) is 0 Å². The summed E-state index contributed by atoms with van der Waals surface area (Å²) in [6, 6.07) is 27.0. The first-order chi connectivity index (χ1) is 30.1. The molecule has 0 saturated heterocycles. The van der Waals surface area contributed by atoms with E-state index in [9.17, 15) is 51.9 Å². The molecule has 0 saturated carbocycles. The monoisotopic (exact) mass is 1030 g/mol. The van der Waals surface area contributed by atoms with E-state index in [1.165, 1.54) is 84.9 Å². The number of rotatable bonds is 11. The van der Waals surface area contributed by atoms with E-state index in [-0.39, 0.29) is 180 Å². The summed E-state index contributed by atoms with van der Waals surface area (Å²) in [6.07, 6.45) is 2.22. The van der Waals surface area contributed by atoms with Crippen LogP contribution < -0.4 is 124 Å². The molecule has 7 aromatic carbocycles. The van der Waals surface area contributed by atoms with Crippen molar-refractivity contribution in [2.75, 3.05) is 5.73 Å². The van der Waals surface area contributed by atoms with Crippen LogP contribution in [0.5, 0.6) is 0 Å². The molecule has 0 amide bonds. The number of nitrogen functional groups attached to an aromatic ring is 1. The number of benzene rings is 7. The number of fused-ring (bicyclic) bond motifs is 4. The van der Waals surface area contributed by atoms with Gasteiger partial charge in [0.25, 0.3) is 0 Å². The van der Waals surface area contributed by atoms with E-state index < -0.39 is 60.1 Å². The number of nitrogens with two attached hydrogens (primary N) is 1. The first-order valence-corrected chi connectivity index (χ1v) is 23.6. The third-order valence-electron chi connectivity index (χ3n) is 9.51. The number of aromatic nitrogens is 3. The maximum absolute atomic E-state index is 12.5. The molecular weight excluding hydrogens is 1000 g/mol. The number of nitrogens with zero attached hydrogens (tertiary/aromatic N) is 7. The van der Waals surface area contributed by atoms with Crippen LogP contribution in [0.3, 0.4) is 0 Å². The zero-order chi connectivity index (χ0) is 45.8. The predicted octanol–water partition coefficient (Wildman–Crippen LogP) is -5.06. The van der Waals surface area contributed by atoms with Crippen LogP contribution in [0.2, 0.25) is 0 Å². The average Bonchev–Trinajstić information content (AvgIpc) is 3.68. The van der Waals surface area contributed by atoms with Crippen molar-refractivity contribution >= 4 is 114 Å². The van der Waals surface area contributed by atoms with Crippen molar-refractivity contribution in [2.24, 2.45) is 20.5 Å². The van der Waals surface area contributed by atoms with Gasteiger partial charge in [0.2, 0.25) is 0 Å². The molecule has 2 N–H and O–H groups in total. The fourth-order valence-electron chi connectivity index (χ4n) is 6.54. The van der Waals surface area contributed by atoms with Gasteiger partial charge in [0.15, 0.2) is 0 Å². The summed E-state index contributed by atoms with van der Waals surface area (Å²) in [5.41, 5.74) is 6.89. The van der Waals surface area contributed by atoms with Gasteiger partial charge in [-0.2, -0.15) is 20.1 Å². The molecule has 0 aliphatic heterocycles. The Hall–Kier alpha value is -3.16. The average molecular weight is 1030 g/mol. The van der Waals surface area contributed by atoms with Gasteiger partial charge in [0.1, 0.15) is 57.2 Å². The van der Waals surface area contributed by atoms with Gasteiger partial charge in [0.05, 0.1) is 48.0 Å². The van der Waals surface area contributed by atoms with Gasteiger partial charge >= 0.3 is 118 Å². The normalized spacial score (nSPS) is 12.3. The summed E-state index contributed by atoms with van der Waals surface area (Å²) in [6.45, 7) is 0. The van der Waals surface area contributed by atoms with E-state index in [2.05, 4.69) is 30.7 Å². The van der Waals surface area contributed by atoms with Crippen LogP contribution in [0.4, 0.5) is 28.4 Å². The van der Waals surface area contributed by atoms with Crippen molar-refractivity contribution in [1.82, 2.24) is 15.0 Å². The molecule has 0 aliphatic carbocycles. The molecule has 20 nitrogen and oxygen atoms in total. The van der Waals surface area contributed by atoms with Crippen LogP contribution in [0.1, 0.15) is 11.1 Å². The van der Waals surface area contributed by atoms with E-state index in [1.807, 2.05) is 0 Å². The number of azo groups is 2. The first kappa shape index (κ1) is 57.4. The Morgan fingerprint density at radius 2 is 1.01 bits per heavy atom. The van der Waals surface area contributed by atoms with Gasteiger partial charge in [-0.05, 0) is 89.3 Å². The van der Waals surface area contributed by atoms with Crippen molar-refractivity contribution in [1.29, 1.82) is 0 Å². The molecule has 1 heterocycles. The molecule has 28 heteroatoms. The molecule has 324 valence electrons. The van der Waals surface area contributed by atoms with E-state index in [1.54, 1.807) is 12.1 Å². The fraction of sp³-hybridized carbons (Fsp3) is 0. The van der Waals surface area contributed by atoms with Crippen molar-refractivity contribution in [2.45, 2.75) is 19.6 Å². The van der Waals surface area contributed by atoms with Crippen molar-refractivity contribution in [3.8, 4) is 5.69 Å². The van der Waals surface area contributed by atoms with Gasteiger partial charge in [0, 0.05) is 16.2 Å². The molecule has 0 atom stereocenters. The second-order valence-corrected chi connectivity index (χ2v) is 19.1.